The summed E-state index contributed by atoms with van der Waals surface area (Å²) in [5.41, 5.74) is 13.5. The summed E-state index contributed by atoms with van der Waals surface area (Å²) in [6.07, 6.45) is 0. The van der Waals surface area contributed by atoms with E-state index in [2.05, 4.69) is 0 Å². The maximum absolute atomic E-state index is 6.75. The summed E-state index contributed by atoms with van der Waals surface area (Å²) in [4.78, 5) is 1.50. The predicted molar refractivity (Wildman–Crippen MR) is 43.1 cm³/mol. The highest BCUT2D eigenvalue weighted by molar-refractivity contribution is 5.20. The molecule has 58 valence electrons. The molecule has 0 aliphatic heterocycles. The monoisotopic (exact) mass is 150 g/mol. The van der Waals surface area contributed by atoms with E-state index in [0.717, 1.165) is 5.75 Å². The van der Waals surface area contributed by atoms with Gasteiger partial charge in [-0.05, 0) is 12.1 Å². The van der Waals surface area contributed by atoms with Crippen LogP contribution in [0.1, 0.15) is 0 Å². The molecule has 0 unspecified atom stereocenters. The van der Waals surface area contributed by atoms with Crippen molar-refractivity contribution in [2.75, 3.05) is 7.11 Å². The van der Waals surface area contributed by atoms with Crippen molar-refractivity contribution < 1.29 is 4.74 Å². The van der Waals surface area contributed by atoms with Gasteiger partial charge in [0, 0.05) is 0 Å². The lowest BCUT2D eigenvalue weighted by molar-refractivity contribution is 0.415. The molecule has 1 aromatic carbocycles. The molecule has 0 saturated carbocycles. The SMILES string of the molecule is COc1ccccc1.[N-]=[N+]=[N-]. The van der Waals surface area contributed by atoms with Crippen LogP contribution in [-0.2, 0) is 0 Å². The second-order valence-electron chi connectivity index (χ2n) is 1.61. The molecule has 0 bridgehead atoms. The van der Waals surface area contributed by atoms with Crippen molar-refractivity contribution in [1.29, 1.82) is 0 Å². The first-order valence-corrected chi connectivity index (χ1v) is 2.92. The van der Waals surface area contributed by atoms with Gasteiger partial charge in [0.2, 0.25) is 0 Å². The topological polar surface area (TPSA) is 67.9 Å². The van der Waals surface area contributed by atoms with E-state index in [1.54, 1.807) is 7.11 Å². The molecule has 0 atom stereocenters. The van der Waals surface area contributed by atoms with Crippen LogP contribution in [0.5, 0.6) is 5.75 Å². The lowest BCUT2D eigenvalue weighted by Gasteiger charge is -1.93. The van der Waals surface area contributed by atoms with Crippen molar-refractivity contribution >= 4 is 0 Å². The lowest BCUT2D eigenvalue weighted by atomic mass is 10.3. The number of rotatable bonds is 1. The zero-order valence-corrected chi connectivity index (χ0v) is 6.14. The van der Waals surface area contributed by atoms with E-state index < -0.39 is 0 Å². The molecule has 0 aliphatic carbocycles. The Balaban J connectivity index is 0.000000292. The van der Waals surface area contributed by atoms with Gasteiger partial charge >= 0.3 is 0 Å². The van der Waals surface area contributed by atoms with Gasteiger partial charge in [-0.25, -0.2) is 0 Å². The molecular weight excluding hydrogens is 142 g/mol. The number of hydrogen-bond acceptors (Lipinski definition) is 1. The Hall–Kier alpha value is -1.67. The number of benzene rings is 1. The van der Waals surface area contributed by atoms with Crippen LogP contribution in [0, 0.1) is 0 Å². The van der Waals surface area contributed by atoms with Crippen LogP contribution in [-0.4, -0.2) is 7.11 Å². The molecule has 0 aliphatic rings. The number of methoxy groups -OCH3 is 1. The number of para-hydroxylation sites is 1. The van der Waals surface area contributed by atoms with Gasteiger partial charge in [0.15, 0.2) is 0 Å². The standard InChI is InChI=1S/C7H8O.N3/c1-8-7-5-3-2-4-6-7;1-3-2/h2-6H,1H3;/q;-1. The van der Waals surface area contributed by atoms with Crippen LogP contribution in [0.25, 0.3) is 16.0 Å². The van der Waals surface area contributed by atoms with Gasteiger partial charge in [0.25, 0.3) is 0 Å². The normalized spacial score (nSPS) is 7.00. The third-order valence-electron chi connectivity index (χ3n) is 0.979. The minimum Gasteiger partial charge on any atom is -0.497 e. The van der Waals surface area contributed by atoms with Gasteiger partial charge in [-0.3, -0.25) is 4.91 Å². The fourth-order valence-electron chi connectivity index (χ4n) is 0.557. The summed E-state index contributed by atoms with van der Waals surface area (Å²) < 4.78 is 4.91. The predicted octanol–water partition coefficient (Wildman–Crippen LogP) is 2.56. The summed E-state index contributed by atoms with van der Waals surface area (Å²) in [6, 6.07) is 9.68. The molecule has 4 nitrogen and oxygen atoms in total. The first-order valence-electron chi connectivity index (χ1n) is 2.92. The van der Waals surface area contributed by atoms with Crippen molar-refractivity contribution in [3.63, 3.8) is 0 Å². The Labute approximate surface area is 64.8 Å². The molecule has 0 fully saturated rings. The molecule has 4 heteroatoms. The molecule has 0 N–H and O–H groups in total. The van der Waals surface area contributed by atoms with Crippen LogP contribution in [0.2, 0.25) is 0 Å². The average Bonchev–Trinajstić information content (AvgIpc) is 2.08. The molecule has 0 aromatic heterocycles. The third kappa shape index (κ3) is 4.81. The fourth-order valence-corrected chi connectivity index (χ4v) is 0.557. The molecule has 0 radical (unpaired) electrons. The number of ether oxygens (including phenoxy) is 1. The van der Waals surface area contributed by atoms with Gasteiger partial charge in [-0.1, -0.05) is 18.2 Å². The van der Waals surface area contributed by atoms with Gasteiger partial charge in [-0.2, -0.15) is 0 Å². The molecular formula is C7H8N3O-. The van der Waals surface area contributed by atoms with Crippen molar-refractivity contribution in [2.45, 2.75) is 0 Å². The van der Waals surface area contributed by atoms with Crippen LogP contribution in [0.15, 0.2) is 30.3 Å². The minimum atomic E-state index is 0.910. The van der Waals surface area contributed by atoms with Gasteiger partial charge < -0.3 is 15.8 Å². The van der Waals surface area contributed by atoms with Crippen LogP contribution < -0.4 is 4.74 Å². The van der Waals surface area contributed by atoms with Crippen LogP contribution >= 0.6 is 0 Å². The van der Waals surface area contributed by atoms with E-state index in [9.17, 15) is 0 Å². The summed E-state index contributed by atoms with van der Waals surface area (Å²) in [5, 5.41) is 0. The molecule has 0 spiro atoms. The lowest BCUT2D eigenvalue weighted by Crippen LogP contribution is -1.78. The number of nitrogens with zero attached hydrogens (tertiary/aromatic N) is 3. The fraction of sp³-hybridized carbons (Fsp3) is 0.143. The van der Waals surface area contributed by atoms with E-state index in [-0.39, 0.29) is 0 Å². The number of hydrogen-bond donors (Lipinski definition) is 0. The van der Waals surface area contributed by atoms with Gasteiger partial charge in [0.05, 0.1) is 7.11 Å². The third-order valence-corrected chi connectivity index (χ3v) is 0.979. The molecule has 1 aromatic rings. The summed E-state index contributed by atoms with van der Waals surface area (Å²) in [7, 11) is 1.66. The van der Waals surface area contributed by atoms with Gasteiger partial charge in [0.1, 0.15) is 5.75 Å². The van der Waals surface area contributed by atoms with Crippen molar-refractivity contribution in [3.8, 4) is 5.75 Å². The Kier molecular flexibility index (Phi) is 5.47. The highest BCUT2D eigenvalue weighted by Crippen LogP contribution is 2.05. The highest BCUT2D eigenvalue weighted by atomic mass is 16.5. The van der Waals surface area contributed by atoms with E-state index in [0.29, 0.717) is 0 Å². The first-order chi connectivity index (χ1) is 5.35. The molecule has 0 saturated heterocycles. The Morgan fingerprint density at radius 3 is 1.91 bits per heavy atom. The minimum absolute atomic E-state index is 0.910. The van der Waals surface area contributed by atoms with Crippen molar-refractivity contribution in [2.24, 2.45) is 0 Å². The largest absolute Gasteiger partial charge is 0.497 e. The van der Waals surface area contributed by atoms with Crippen molar-refractivity contribution in [1.82, 2.24) is 0 Å². The second kappa shape index (κ2) is 6.45. The average molecular weight is 150 g/mol. The molecule has 0 heterocycles. The Morgan fingerprint density at radius 1 is 1.18 bits per heavy atom. The quantitative estimate of drug-likeness (QED) is 0.344. The van der Waals surface area contributed by atoms with Gasteiger partial charge in [-0.15, -0.1) is 0 Å². The van der Waals surface area contributed by atoms with E-state index in [4.69, 9.17) is 15.8 Å². The second-order valence-corrected chi connectivity index (χ2v) is 1.61. The molecule has 0 amide bonds. The molecule has 11 heavy (non-hydrogen) atoms. The maximum Gasteiger partial charge on any atom is 0.118 e. The Morgan fingerprint density at radius 2 is 1.64 bits per heavy atom. The van der Waals surface area contributed by atoms with Crippen LogP contribution in [0.3, 0.4) is 0 Å². The van der Waals surface area contributed by atoms with E-state index in [1.807, 2.05) is 30.3 Å². The highest BCUT2D eigenvalue weighted by Gasteiger charge is 1.80. The zero-order valence-electron chi connectivity index (χ0n) is 6.14. The Bertz CT molecular complexity index is 216. The van der Waals surface area contributed by atoms with E-state index in [1.165, 1.54) is 4.91 Å². The zero-order chi connectivity index (χ0) is 8.53. The van der Waals surface area contributed by atoms with Crippen molar-refractivity contribution in [3.05, 3.63) is 46.3 Å². The van der Waals surface area contributed by atoms with E-state index >= 15 is 0 Å². The summed E-state index contributed by atoms with van der Waals surface area (Å²) in [6.45, 7) is 0. The van der Waals surface area contributed by atoms with Crippen LogP contribution in [0.4, 0.5) is 0 Å². The molecule has 1 rings (SSSR count). The smallest absolute Gasteiger partial charge is 0.118 e. The first kappa shape index (κ1) is 9.33. The maximum atomic E-state index is 6.75. The summed E-state index contributed by atoms with van der Waals surface area (Å²) >= 11 is 0. The summed E-state index contributed by atoms with van der Waals surface area (Å²) in [5.74, 6) is 0.910.